The van der Waals surface area contributed by atoms with E-state index >= 15 is 0 Å². The molecule has 8 heteroatoms. The maximum absolute atomic E-state index is 12.2. The second kappa shape index (κ2) is 7.78. The topological polar surface area (TPSA) is 60.1 Å². The number of nitrogens with one attached hydrogen (secondary N) is 1. The lowest BCUT2D eigenvalue weighted by molar-refractivity contribution is -0.120. The summed E-state index contributed by atoms with van der Waals surface area (Å²) in [4.78, 5) is 12.2. The molecule has 0 bridgehead atoms. The van der Waals surface area contributed by atoms with Gasteiger partial charge in [0.2, 0.25) is 5.91 Å². The summed E-state index contributed by atoms with van der Waals surface area (Å²) in [6.45, 7) is 2.23. The minimum Gasteiger partial charge on any atom is -0.467 e. The highest BCUT2D eigenvalue weighted by molar-refractivity contribution is 8.02. The molecule has 0 aliphatic rings. The maximum Gasteiger partial charge on any atom is 0.233 e. The van der Waals surface area contributed by atoms with Crippen LogP contribution < -0.4 is 5.32 Å². The van der Waals surface area contributed by atoms with Gasteiger partial charge in [-0.2, -0.15) is 0 Å². The highest BCUT2D eigenvalue weighted by Gasteiger charge is 2.17. The van der Waals surface area contributed by atoms with E-state index in [1.54, 1.807) is 17.0 Å². The van der Waals surface area contributed by atoms with Crippen molar-refractivity contribution < 1.29 is 9.21 Å². The first kappa shape index (κ1) is 16.9. The Morgan fingerprint density at radius 3 is 2.88 bits per heavy atom. The highest BCUT2D eigenvalue weighted by Crippen LogP contribution is 2.27. The molecule has 1 N–H and O–H groups in total. The van der Waals surface area contributed by atoms with Crippen LogP contribution in [-0.2, 0) is 11.3 Å². The smallest absolute Gasteiger partial charge is 0.233 e. The van der Waals surface area contributed by atoms with Crippen LogP contribution in [0, 0.1) is 3.95 Å². The van der Waals surface area contributed by atoms with Gasteiger partial charge in [0.25, 0.3) is 0 Å². The molecule has 124 valence electrons. The van der Waals surface area contributed by atoms with Crippen LogP contribution in [0.1, 0.15) is 12.7 Å². The Labute approximate surface area is 152 Å². The van der Waals surface area contributed by atoms with Crippen molar-refractivity contribution in [3.8, 4) is 5.69 Å². The number of rotatable bonds is 6. The average Bonchev–Trinajstić information content (AvgIpc) is 3.23. The van der Waals surface area contributed by atoms with Gasteiger partial charge in [0.05, 0.1) is 23.7 Å². The van der Waals surface area contributed by atoms with Crippen molar-refractivity contribution >= 4 is 41.2 Å². The van der Waals surface area contributed by atoms with Crippen molar-refractivity contribution in [2.75, 3.05) is 0 Å². The van der Waals surface area contributed by atoms with E-state index < -0.39 is 0 Å². The Morgan fingerprint density at radius 1 is 1.38 bits per heavy atom. The summed E-state index contributed by atoms with van der Waals surface area (Å²) in [5, 5.41) is 7.08. The van der Waals surface area contributed by atoms with Gasteiger partial charge in [0.15, 0.2) is 8.29 Å². The molecule has 0 fully saturated rings. The Bertz CT molecular complexity index is 856. The molecule has 1 atom stereocenters. The summed E-state index contributed by atoms with van der Waals surface area (Å²) in [6.07, 6.45) is 1.59. The molecule has 0 saturated carbocycles. The first-order chi connectivity index (χ1) is 11.6. The van der Waals surface area contributed by atoms with Crippen LogP contribution >= 0.6 is 35.3 Å². The third kappa shape index (κ3) is 4.14. The van der Waals surface area contributed by atoms with Crippen LogP contribution in [0.4, 0.5) is 0 Å². The lowest BCUT2D eigenvalue weighted by atomic mass is 10.3. The van der Waals surface area contributed by atoms with Crippen molar-refractivity contribution in [1.29, 1.82) is 0 Å². The van der Waals surface area contributed by atoms with Crippen molar-refractivity contribution in [1.82, 2.24) is 15.1 Å². The predicted octanol–water partition coefficient (Wildman–Crippen LogP) is 4.05. The van der Waals surface area contributed by atoms with Crippen LogP contribution in [-0.4, -0.2) is 20.9 Å². The molecule has 0 aliphatic heterocycles. The second-order valence-corrected chi connectivity index (χ2v) is 8.15. The Kier molecular flexibility index (Phi) is 5.49. The largest absolute Gasteiger partial charge is 0.467 e. The monoisotopic (exact) mass is 377 g/mol. The Balaban J connectivity index is 1.63. The summed E-state index contributed by atoms with van der Waals surface area (Å²) >= 11 is 8.17. The molecule has 0 radical (unpaired) electrons. The summed E-state index contributed by atoms with van der Waals surface area (Å²) < 4.78 is 8.35. The van der Waals surface area contributed by atoms with Gasteiger partial charge in [0, 0.05) is 0 Å². The van der Waals surface area contributed by atoms with Crippen molar-refractivity contribution in [3.63, 3.8) is 0 Å². The normalized spacial score (nSPS) is 12.0. The molecule has 0 aliphatic carbocycles. The maximum atomic E-state index is 12.2. The Hall–Kier alpha value is -1.90. The van der Waals surface area contributed by atoms with Crippen LogP contribution in [0.2, 0.25) is 0 Å². The van der Waals surface area contributed by atoms with Gasteiger partial charge in [-0.25, -0.2) is 4.68 Å². The third-order valence-corrected chi connectivity index (χ3v) is 5.61. The zero-order chi connectivity index (χ0) is 16.9. The number of carbonyl (C=O) groups excluding carboxylic acids is 1. The molecule has 3 aromatic rings. The third-order valence-electron chi connectivity index (χ3n) is 3.19. The van der Waals surface area contributed by atoms with Crippen molar-refractivity contribution in [2.45, 2.75) is 23.1 Å². The number of para-hydroxylation sites is 1. The lowest BCUT2D eigenvalue weighted by Crippen LogP contribution is -2.30. The second-order valence-electron chi connectivity index (χ2n) is 4.94. The molecule has 24 heavy (non-hydrogen) atoms. The van der Waals surface area contributed by atoms with Gasteiger partial charge in [0.1, 0.15) is 5.76 Å². The van der Waals surface area contributed by atoms with Crippen molar-refractivity contribution in [2.24, 2.45) is 0 Å². The predicted molar refractivity (Wildman–Crippen MR) is 98.1 cm³/mol. The number of furan rings is 1. The van der Waals surface area contributed by atoms with Gasteiger partial charge >= 0.3 is 0 Å². The van der Waals surface area contributed by atoms with Crippen molar-refractivity contribution in [3.05, 3.63) is 58.4 Å². The van der Waals surface area contributed by atoms with Crippen LogP contribution in [0.15, 0.2) is 57.5 Å². The first-order valence-electron chi connectivity index (χ1n) is 7.26. The Morgan fingerprint density at radius 2 is 2.17 bits per heavy atom. The molecule has 0 saturated heterocycles. The van der Waals surface area contributed by atoms with E-state index in [4.69, 9.17) is 16.6 Å². The number of amides is 1. The number of benzene rings is 1. The van der Waals surface area contributed by atoms with Gasteiger partial charge in [-0.05, 0) is 43.4 Å². The minimum absolute atomic E-state index is 0.0659. The summed E-state index contributed by atoms with van der Waals surface area (Å²) in [6, 6.07) is 13.3. The van der Waals surface area contributed by atoms with Gasteiger partial charge in [-0.3, -0.25) is 4.79 Å². The van der Waals surface area contributed by atoms with Gasteiger partial charge in [-0.15, -0.1) is 5.10 Å². The number of hydrogen-bond acceptors (Lipinski definition) is 6. The number of hydrogen-bond donors (Lipinski definition) is 1. The molecule has 3 rings (SSSR count). The standard InChI is InChI=1S/C16H15N3O2S3/c1-11(14(20)17-10-13-8-5-9-21-13)23-15-18-19(16(22)24-15)12-6-3-2-4-7-12/h2-9,11H,10H2,1H3,(H,17,20)/t11-/m1/s1. The fourth-order valence-electron chi connectivity index (χ4n) is 1.98. The van der Waals surface area contributed by atoms with E-state index in [9.17, 15) is 4.79 Å². The molecular formula is C16H15N3O2S3. The number of thioether (sulfide) groups is 1. The molecule has 0 spiro atoms. The van der Waals surface area contributed by atoms with E-state index in [0.29, 0.717) is 10.5 Å². The van der Waals surface area contributed by atoms with Gasteiger partial charge in [-0.1, -0.05) is 41.3 Å². The molecule has 2 heterocycles. The fourth-order valence-corrected chi connectivity index (χ4v) is 4.51. The minimum atomic E-state index is -0.273. The number of carbonyl (C=O) groups is 1. The van der Waals surface area contributed by atoms with E-state index in [-0.39, 0.29) is 11.2 Å². The summed E-state index contributed by atoms with van der Waals surface area (Å²) in [7, 11) is 0. The number of aromatic nitrogens is 2. The van der Waals surface area contributed by atoms with E-state index in [2.05, 4.69) is 10.4 Å². The SMILES string of the molecule is C[C@@H](Sc1nn(-c2ccccc2)c(=S)s1)C(=O)NCc1ccco1. The zero-order valence-electron chi connectivity index (χ0n) is 12.8. The molecular weight excluding hydrogens is 362 g/mol. The summed E-state index contributed by atoms with van der Waals surface area (Å²) in [5.74, 6) is 0.661. The molecule has 1 amide bonds. The van der Waals surface area contributed by atoms with E-state index in [1.165, 1.54) is 23.1 Å². The zero-order valence-corrected chi connectivity index (χ0v) is 15.3. The van der Waals surface area contributed by atoms with Crippen LogP contribution in [0.25, 0.3) is 5.69 Å². The molecule has 5 nitrogen and oxygen atoms in total. The molecule has 1 aromatic carbocycles. The van der Waals surface area contributed by atoms with Crippen LogP contribution in [0.3, 0.4) is 0 Å². The molecule has 0 unspecified atom stereocenters. The molecule has 2 aromatic heterocycles. The first-order valence-corrected chi connectivity index (χ1v) is 9.36. The van der Waals surface area contributed by atoms with Gasteiger partial charge < -0.3 is 9.73 Å². The highest BCUT2D eigenvalue weighted by atomic mass is 32.2. The summed E-state index contributed by atoms with van der Waals surface area (Å²) in [5.41, 5.74) is 0.917. The van der Waals surface area contributed by atoms with Crippen LogP contribution in [0.5, 0.6) is 0 Å². The van der Waals surface area contributed by atoms with E-state index in [1.807, 2.05) is 43.3 Å². The number of nitrogens with zero attached hydrogens (tertiary/aromatic N) is 2. The quantitative estimate of drug-likeness (QED) is 0.519. The van der Waals surface area contributed by atoms with E-state index in [0.717, 1.165) is 15.8 Å². The average molecular weight is 378 g/mol. The fraction of sp³-hybridized carbons (Fsp3) is 0.188. The lowest BCUT2D eigenvalue weighted by Gasteiger charge is -2.09.